The van der Waals surface area contributed by atoms with E-state index < -0.39 is 0 Å². The van der Waals surface area contributed by atoms with Crippen LogP contribution in [0, 0.1) is 11.8 Å². The van der Waals surface area contributed by atoms with Crippen LogP contribution in [0.15, 0.2) is 0 Å². The predicted octanol–water partition coefficient (Wildman–Crippen LogP) is 2.89. The van der Waals surface area contributed by atoms with Gasteiger partial charge in [-0.1, -0.05) is 19.8 Å². The molecule has 2 saturated carbocycles. The fourth-order valence-electron chi connectivity index (χ4n) is 3.35. The van der Waals surface area contributed by atoms with Crippen LogP contribution in [0.4, 0.5) is 0 Å². The predicted molar refractivity (Wildman–Crippen MR) is 74.2 cm³/mol. The van der Waals surface area contributed by atoms with E-state index in [1.807, 2.05) is 0 Å². The van der Waals surface area contributed by atoms with Gasteiger partial charge in [0, 0.05) is 25.2 Å². The first-order chi connectivity index (χ1) is 8.18. The van der Waals surface area contributed by atoms with Gasteiger partial charge in [0.05, 0.1) is 0 Å². The van der Waals surface area contributed by atoms with Gasteiger partial charge in [-0.05, 0) is 51.5 Å². The molecule has 1 N–H and O–H groups in total. The summed E-state index contributed by atoms with van der Waals surface area (Å²) in [5.74, 6) is 1.88. The zero-order valence-corrected chi connectivity index (χ0v) is 11.9. The van der Waals surface area contributed by atoms with Gasteiger partial charge in [-0.2, -0.15) is 0 Å². The van der Waals surface area contributed by atoms with Crippen LogP contribution in [0.25, 0.3) is 0 Å². The van der Waals surface area contributed by atoms with Crippen molar-refractivity contribution < 1.29 is 0 Å². The number of hydrogen-bond acceptors (Lipinski definition) is 2. The molecule has 2 fully saturated rings. The van der Waals surface area contributed by atoms with Gasteiger partial charge in [0.1, 0.15) is 0 Å². The van der Waals surface area contributed by atoms with Crippen molar-refractivity contribution in [2.75, 3.05) is 20.1 Å². The van der Waals surface area contributed by atoms with Crippen LogP contribution < -0.4 is 5.32 Å². The molecule has 0 spiro atoms. The summed E-state index contributed by atoms with van der Waals surface area (Å²) in [5.41, 5.74) is 0. The molecule has 0 bridgehead atoms. The Bertz CT molecular complexity index is 225. The first-order valence-electron chi connectivity index (χ1n) is 7.62. The van der Waals surface area contributed by atoms with E-state index in [-0.39, 0.29) is 0 Å². The van der Waals surface area contributed by atoms with Crippen molar-refractivity contribution >= 4 is 0 Å². The van der Waals surface area contributed by atoms with Gasteiger partial charge < -0.3 is 10.2 Å². The van der Waals surface area contributed by atoms with E-state index in [0.29, 0.717) is 0 Å². The minimum Gasteiger partial charge on any atom is -0.313 e. The topological polar surface area (TPSA) is 15.3 Å². The van der Waals surface area contributed by atoms with Crippen molar-refractivity contribution in [1.82, 2.24) is 10.2 Å². The lowest BCUT2D eigenvalue weighted by molar-refractivity contribution is 0.139. The molecule has 2 heteroatoms. The normalized spacial score (nSPS) is 31.8. The first-order valence-corrected chi connectivity index (χ1v) is 7.62. The number of likely N-dealkylation sites (N-methyl/N-ethyl adjacent to an activating group) is 1. The van der Waals surface area contributed by atoms with Crippen molar-refractivity contribution in [3.8, 4) is 0 Å². The number of rotatable bonds is 6. The molecule has 2 rings (SSSR count). The standard InChI is InChI=1S/C15H30N2/c1-12-6-4-5-7-15(12)17(3)11-10-16-13(2)14-8-9-14/h12-16H,4-11H2,1-3H3. The van der Waals surface area contributed by atoms with Crippen molar-refractivity contribution in [2.45, 2.75) is 64.5 Å². The van der Waals surface area contributed by atoms with E-state index in [1.165, 1.54) is 45.1 Å². The van der Waals surface area contributed by atoms with Crippen molar-refractivity contribution in [3.05, 3.63) is 0 Å². The molecule has 2 aliphatic rings. The Morgan fingerprint density at radius 3 is 2.53 bits per heavy atom. The summed E-state index contributed by atoms with van der Waals surface area (Å²) in [6, 6.07) is 1.58. The van der Waals surface area contributed by atoms with Crippen LogP contribution >= 0.6 is 0 Å². The summed E-state index contributed by atoms with van der Waals surface area (Å²) in [6.07, 6.45) is 8.62. The van der Waals surface area contributed by atoms with E-state index in [1.54, 1.807) is 0 Å². The number of nitrogens with one attached hydrogen (secondary N) is 1. The highest BCUT2D eigenvalue weighted by Crippen LogP contribution is 2.32. The fraction of sp³-hybridized carbons (Fsp3) is 1.00. The Morgan fingerprint density at radius 1 is 1.18 bits per heavy atom. The summed E-state index contributed by atoms with van der Waals surface area (Å²) < 4.78 is 0. The van der Waals surface area contributed by atoms with Crippen molar-refractivity contribution in [1.29, 1.82) is 0 Å². The van der Waals surface area contributed by atoms with Gasteiger partial charge in [-0.25, -0.2) is 0 Å². The summed E-state index contributed by atoms with van der Waals surface area (Å²) in [4.78, 5) is 2.59. The van der Waals surface area contributed by atoms with Crippen LogP contribution in [-0.2, 0) is 0 Å². The second kappa shape index (κ2) is 6.19. The molecule has 100 valence electrons. The Kier molecular flexibility index (Phi) is 4.87. The van der Waals surface area contributed by atoms with Gasteiger partial charge >= 0.3 is 0 Å². The number of nitrogens with zero attached hydrogens (tertiary/aromatic N) is 1. The average Bonchev–Trinajstić information content (AvgIpc) is 3.13. The second-order valence-corrected chi connectivity index (χ2v) is 6.39. The third kappa shape index (κ3) is 3.96. The van der Waals surface area contributed by atoms with Crippen molar-refractivity contribution in [2.24, 2.45) is 11.8 Å². The lowest BCUT2D eigenvalue weighted by atomic mass is 9.85. The third-order valence-corrected chi connectivity index (χ3v) is 4.89. The maximum Gasteiger partial charge on any atom is 0.0118 e. The summed E-state index contributed by atoms with van der Waals surface area (Å²) in [5, 5.41) is 3.69. The quantitative estimate of drug-likeness (QED) is 0.765. The molecule has 0 aromatic heterocycles. The highest BCUT2D eigenvalue weighted by Gasteiger charge is 2.28. The summed E-state index contributed by atoms with van der Waals surface area (Å²) in [6.45, 7) is 7.16. The Hall–Kier alpha value is -0.0800. The SMILES string of the molecule is CC1CCCCC1N(C)CCNC(C)C1CC1. The summed E-state index contributed by atoms with van der Waals surface area (Å²) >= 11 is 0. The molecule has 3 atom stereocenters. The van der Waals surface area contributed by atoms with Crippen LogP contribution in [0.1, 0.15) is 52.4 Å². The molecular weight excluding hydrogens is 208 g/mol. The Morgan fingerprint density at radius 2 is 1.88 bits per heavy atom. The maximum atomic E-state index is 3.69. The Labute approximate surface area is 107 Å². The molecule has 17 heavy (non-hydrogen) atoms. The van der Waals surface area contributed by atoms with E-state index in [0.717, 1.165) is 30.5 Å². The van der Waals surface area contributed by atoms with E-state index in [4.69, 9.17) is 0 Å². The highest BCUT2D eigenvalue weighted by molar-refractivity contribution is 4.84. The first kappa shape index (κ1) is 13.4. The molecule has 0 saturated heterocycles. The monoisotopic (exact) mass is 238 g/mol. The Balaban J connectivity index is 1.63. The van der Waals surface area contributed by atoms with Crippen LogP contribution in [-0.4, -0.2) is 37.1 Å². The average molecular weight is 238 g/mol. The van der Waals surface area contributed by atoms with Gasteiger partial charge in [0.2, 0.25) is 0 Å². The minimum atomic E-state index is 0.743. The molecule has 2 aliphatic carbocycles. The lowest BCUT2D eigenvalue weighted by Gasteiger charge is -2.36. The molecule has 3 unspecified atom stereocenters. The van der Waals surface area contributed by atoms with Gasteiger partial charge in [-0.15, -0.1) is 0 Å². The minimum absolute atomic E-state index is 0.743. The number of hydrogen-bond donors (Lipinski definition) is 1. The highest BCUT2D eigenvalue weighted by atomic mass is 15.1. The lowest BCUT2D eigenvalue weighted by Crippen LogP contribution is -2.43. The van der Waals surface area contributed by atoms with Gasteiger partial charge in [-0.3, -0.25) is 0 Å². The molecule has 2 nitrogen and oxygen atoms in total. The smallest absolute Gasteiger partial charge is 0.0118 e. The molecule has 0 aromatic carbocycles. The molecule has 0 aromatic rings. The largest absolute Gasteiger partial charge is 0.313 e. The van der Waals surface area contributed by atoms with Crippen LogP contribution in [0.2, 0.25) is 0 Å². The molecule has 0 aliphatic heterocycles. The fourth-order valence-corrected chi connectivity index (χ4v) is 3.35. The second-order valence-electron chi connectivity index (χ2n) is 6.39. The van der Waals surface area contributed by atoms with Gasteiger partial charge in [0.25, 0.3) is 0 Å². The molecular formula is C15H30N2. The molecule has 0 radical (unpaired) electrons. The molecule has 0 heterocycles. The van der Waals surface area contributed by atoms with Crippen LogP contribution in [0.3, 0.4) is 0 Å². The molecule has 0 amide bonds. The van der Waals surface area contributed by atoms with E-state index in [9.17, 15) is 0 Å². The van der Waals surface area contributed by atoms with Crippen molar-refractivity contribution in [3.63, 3.8) is 0 Å². The third-order valence-electron chi connectivity index (χ3n) is 4.89. The van der Waals surface area contributed by atoms with E-state index in [2.05, 4.69) is 31.1 Å². The van der Waals surface area contributed by atoms with E-state index >= 15 is 0 Å². The van der Waals surface area contributed by atoms with Crippen LogP contribution in [0.5, 0.6) is 0 Å². The zero-order valence-electron chi connectivity index (χ0n) is 11.9. The summed E-state index contributed by atoms with van der Waals surface area (Å²) in [7, 11) is 2.32. The zero-order chi connectivity index (χ0) is 12.3. The van der Waals surface area contributed by atoms with Gasteiger partial charge in [0.15, 0.2) is 0 Å². The maximum absolute atomic E-state index is 3.69.